The van der Waals surface area contributed by atoms with Gasteiger partial charge >= 0.3 is 0 Å². The third-order valence-electron chi connectivity index (χ3n) is 2.76. The normalized spacial score (nSPS) is 12.6. The molecule has 0 radical (unpaired) electrons. The number of anilines is 1. The minimum Gasteiger partial charge on any atom is -0.467 e. The summed E-state index contributed by atoms with van der Waals surface area (Å²) in [6, 6.07) is 3.55. The molecular formula is C13H19N3O2S. The number of aryl methyl sites for hydroxylation is 1. The number of aliphatic hydroxyl groups is 1. The number of rotatable bonds is 6. The molecule has 0 aromatic carbocycles. The average Bonchev–Trinajstić information content (AvgIpc) is 2.99. The van der Waals surface area contributed by atoms with Crippen LogP contribution in [0, 0.1) is 6.92 Å². The van der Waals surface area contributed by atoms with Crippen molar-refractivity contribution in [2.75, 3.05) is 25.5 Å². The maximum atomic E-state index is 9.87. The van der Waals surface area contributed by atoms with Gasteiger partial charge in [0.05, 0.1) is 12.0 Å². The number of aromatic nitrogens is 1. The Morgan fingerprint density at radius 2 is 2.32 bits per heavy atom. The van der Waals surface area contributed by atoms with Crippen molar-refractivity contribution in [3.05, 3.63) is 34.7 Å². The number of furan rings is 1. The molecule has 5 nitrogen and oxygen atoms in total. The number of thiazole rings is 1. The van der Waals surface area contributed by atoms with Crippen LogP contribution in [-0.2, 0) is 6.54 Å². The Hall–Kier alpha value is -1.37. The van der Waals surface area contributed by atoms with E-state index in [4.69, 9.17) is 4.42 Å². The maximum absolute atomic E-state index is 9.87. The van der Waals surface area contributed by atoms with Gasteiger partial charge in [-0.25, -0.2) is 4.98 Å². The molecule has 2 heterocycles. The van der Waals surface area contributed by atoms with E-state index in [2.05, 4.69) is 10.3 Å². The van der Waals surface area contributed by atoms with Crippen molar-refractivity contribution in [2.45, 2.75) is 19.6 Å². The lowest BCUT2D eigenvalue weighted by Gasteiger charge is -2.08. The first-order valence-electron chi connectivity index (χ1n) is 6.13. The minimum absolute atomic E-state index is 0.460. The summed E-state index contributed by atoms with van der Waals surface area (Å²) in [4.78, 5) is 7.67. The van der Waals surface area contributed by atoms with Gasteiger partial charge in [0.15, 0.2) is 5.13 Å². The maximum Gasteiger partial charge on any atom is 0.185 e. The lowest BCUT2D eigenvalue weighted by molar-refractivity contribution is 0.147. The quantitative estimate of drug-likeness (QED) is 0.847. The van der Waals surface area contributed by atoms with Crippen LogP contribution in [0.15, 0.2) is 22.8 Å². The Morgan fingerprint density at radius 3 is 2.89 bits per heavy atom. The van der Waals surface area contributed by atoms with Crippen molar-refractivity contribution in [3.8, 4) is 0 Å². The number of nitrogens with zero attached hydrogens (tertiary/aromatic N) is 2. The van der Waals surface area contributed by atoms with Gasteiger partial charge in [0.25, 0.3) is 0 Å². The molecule has 2 N–H and O–H groups in total. The summed E-state index contributed by atoms with van der Waals surface area (Å²) in [5.41, 5.74) is 1.04. The Kier molecular flexibility index (Phi) is 4.57. The van der Waals surface area contributed by atoms with Gasteiger partial charge < -0.3 is 19.7 Å². The van der Waals surface area contributed by atoms with Crippen molar-refractivity contribution in [2.24, 2.45) is 0 Å². The highest BCUT2D eigenvalue weighted by atomic mass is 32.1. The fraction of sp³-hybridized carbons (Fsp3) is 0.462. The van der Waals surface area contributed by atoms with Gasteiger partial charge in [-0.05, 0) is 19.1 Å². The van der Waals surface area contributed by atoms with Gasteiger partial charge in [-0.2, -0.15) is 0 Å². The second-order valence-corrected chi connectivity index (χ2v) is 5.62. The first-order chi connectivity index (χ1) is 9.08. The fourth-order valence-electron chi connectivity index (χ4n) is 1.67. The predicted molar refractivity (Wildman–Crippen MR) is 76.6 cm³/mol. The molecule has 0 saturated heterocycles. The Morgan fingerprint density at radius 1 is 1.53 bits per heavy atom. The van der Waals surface area contributed by atoms with E-state index in [9.17, 15) is 5.11 Å². The summed E-state index contributed by atoms with van der Waals surface area (Å²) in [6.07, 6.45) is 0.950. The predicted octanol–water partition coefficient (Wildman–Crippen LogP) is 1.93. The highest BCUT2D eigenvalue weighted by molar-refractivity contribution is 7.15. The van der Waals surface area contributed by atoms with Crippen molar-refractivity contribution < 1.29 is 9.52 Å². The summed E-state index contributed by atoms with van der Waals surface area (Å²) in [6.45, 7) is 3.17. The SMILES string of the molecule is Cc1nc(N(C)C)sc1CNCC(O)c1ccco1. The molecule has 2 aromatic heterocycles. The van der Waals surface area contributed by atoms with Gasteiger partial charge in [0, 0.05) is 32.1 Å². The highest BCUT2D eigenvalue weighted by Crippen LogP contribution is 2.24. The molecular weight excluding hydrogens is 262 g/mol. The third-order valence-corrected chi connectivity index (χ3v) is 4.08. The zero-order valence-corrected chi connectivity index (χ0v) is 12.2. The number of nitrogens with one attached hydrogen (secondary N) is 1. The van der Waals surface area contributed by atoms with Crippen molar-refractivity contribution in [1.29, 1.82) is 0 Å². The van der Waals surface area contributed by atoms with Crippen LogP contribution in [0.3, 0.4) is 0 Å². The largest absolute Gasteiger partial charge is 0.467 e. The van der Waals surface area contributed by atoms with Gasteiger partial charge in [0.1, 0.15) is 11.9 Å². The Balaban J connectivity index is 1.86. The molecule has 1 atom stereocenters. The first kappa shape index (κ1) is 14.0. The van der Waals surface area contributed by atoms with Gasteiger partial charge in [0.2, 0.25) is 0 Å². The second-order valence-electron chi connectivity index (χ2n) is 4.56. The van der Waals surface area contributed by atoms with Crippen molar-refractivity contribution >= 4 is 16.5 Å². The number of hydrogen-bond acceptors (Lipinski definition) is 6. The van der Waals surface area contributed by atoms with E-state index in [0.29, 0.717) is 18.8 Å². The molecule has 2 rings (SSSR count). The van der Waals surface area contributed by atoms with E-state index in [1.807, 2.05) is 25.9 Å². The smallest absolute Gasteiger partial charge is 0.185 e. The molecule has 0 aliphatic carbocycles. The van der Waals surface area contributed by atoms with Crippen molar-refractivity contribution in [3.63, 3.8) is 0 Å². The van der Waals surface area contributed by atoms with Crippen LogP contribution < -0.4 is 10.2 Å². The standard InChI is InChI=1S/C13H19N3O2S/c1-9-12(19-13(15-9)16(2)3)8-14-7-10(17)11-5-4-6-18-11/h4-6,10,14,17H,7-8H2,1-3H3. The second kappa shape index (κ2) is 6.18. The molecule has 19 heavy (non-hydrogen) atoms. The number of aliphatic hydroxyl groups excluding tert-OH is 1. The molecule has 2 aromatic rings. The van der Waals surface area contributed by atoms with Gasteiger partial charge in [-0.1, -0.05) is 0 Å². The van der Waals surface area contributed by atoms with Crippen LogP contribution >= 0.6 is 11.3 Å². The van der Waals surface area contributed by atoms with Crippen LogP contribution in [0.25, 0.3) is 0 Å². The van der Waals surface area contributed by atoms with E-state index in [0.717, 1.165) is 10.8 Å². The van der Waals surface area contributed by atoms with E-state index >= 15 is 0 Å². The van der Waals surface area contributed by atoms with Gasteiger partial charge in [-0.15, -0.1) is 11.3 Å². The van der Waals surface area contributed by atoms with Crippen LogP contribution in [0.5, 0.6) is 0 Å². The summed E-state index contributed by atoms with van der Waals surface area (Å²) in [5.74, 6) is 0.586. The summed E-state index contributed by atoms with van der Waals surface area (Å²) < 4.78 is 5.15. The minimum atomic E-state index is -0.614. The van der Waals surface area contributed by atoms with Crippen molar-refractivity contribution in [1.82, 2.24) is 10.3 Å². The molecule has 6 heteroatoms. The van der Waals surface area contributed by atoms with Gasteiger partial charge in [-0.3, -0.25) is 0 Å². The average molecular weight is 281 g/mol. The molecule has 0 amide bonds. The molecule has 104 valence electrons. The molecule has 0 spiro atoms. The van der Waals surface area contributed by atoms with E-state index in [1.54, 1.807) is 29.7 Å². The Labute approximate surface area is 116 Å². The van der Waals surface area contributed by atoms with Crippen LogP contribution in [0.4, 0.5) is 5.13 Å². The molecule has 1 unspecified atom stereocenters. The monoisotopic (exact) mass is 281 g/mol. The topological polar surface area (TPSA) is 61.5 Å². The summed E-state index contributed by atoms with van der Waals surface area (Å²) in [5, 5.41) is 14.1. The highest BCUT2D eigenvalue weighted by Gasteiger charge is 2.12. The lowest BCUT2D eigenvalue weighted by Crippen LogP contribution is -2.20. The first-order valence-corrected chi connectivity index (χ1v) is 6.95. The molecule has 0 fully saturated rings. The van der Waals surface area contributed by atoms with Crippen LogP contribution in [0.2, 0.25) is 0 Å². The van der Waals surface area contributed by atoms with E-state index in [-0.39, 0.29) is 0 Å². The van der Waals surface area contributed by atoms with E-state index < -0.39 is 6.10 Å². The van der Waals surface area contributed by atoms with Crippen LogP contribution in [0.1, 0.15) is 22.4 Å². The lowest BCUT2D eigenvalue weighted by atomic mass is 10.2. The fourth-order valence-corrected chi connectivity index (χ4v) is 2.62. The summed E-state index contributed by atoms with van der Waals surface area (Å²) in [7, 11) is 3.96. The van der Waals surface area contributed by atoms with E-state index in [1.165, 1.54) is 4.88 Å². The third kappa shape index (κ3) is 3.56. The Bertz CT molecular complexity index is 508. The zero-order valence-electron chi connectivity index (χ0n) is 11.4. The molecule has 0 aliphatic rings. The summed E-state index contributed by atoms with van der Waals surface area (Å²) >= 11 is 1.66. The molecule has 0 saturated carbocycles. The number of hydrogen-bond donors (Lipinski definition) is 2. The zero-order chi connectivity index (χ0) is 13.8. The molecule has 0 bridgehead atoms. The van der Waals surface area contributed by atoms with Crippen LogP contribution in [-0.4, -0.2) is 30.7 Å². The molecule has 0 aliphatic heterocycles.